The molecule has 0 saturated heterocycles. The Morgan fingerprint density at radius 1 is 1.55 bits per heavy atom. The summed E-state index contributed by atoms with van der Waals surface area (Å²) in [6.45, 7) is 7.56. The zero-order valence-corrected chi connectivity index (χ0v) is 7.61. The molecule has 2 heteroatoms. The van der Waals surface area contributed by atoms with E-state index in [1.54, 1.807) is 7.05 Å². The maximum Gasteiger partial charge on any atom is 0.149 e. The zero-order chi connectivity index (χ0) is 8.85. The second-order valence-corrected chi connectivity index (χ2v) is 2.93. The van der Waals surface area contributed by atoms with Crippen molar-refractivity contribution >= 4 is 5.78 Å². The van der Waals surface area contributed by atoms with Gasteiger partial charge in [-0.15, -0.1) is 6.58 Å². The third-order valence-corrected chi connectivity index (χ3v) is 1.71. The van der Waals surface area contributed by atoms with Crippen LogP contribution in [0, 0.1) is 0 Å². The highest BCUT2D eigenvalue weighted by molar-refractivity contribution is 5.83. The number of carbonyl (C=O) groups excluding carboxylic acids is 1. The molecule has 1 unspecified atom stereocenters. The minimum absolute atomic E-state index is 0.0191. The van der Waals surface area contributed by atoms with Crippen LogP contribution in [0.1, 0.15) is 26.7 Å². The molecule has 0 saturated carbocycles. The molecule has 0 bridgehead atoms. The van der Waals surface area contributed by atoms with Crippen molar-refractivity contribution in [2.75, 3.05) is 7.05 Å². The molecule has 0 aliphatic rings. The summed E-state index contributed by atoms with van der Waals surface area (Å²) in [5.74, 6) is 0.260. The Morgan fingerprint density at radius 3 is 2.45 bits per heavy atom. The molecule has 0 aliphatic heterocycles. The Labute approximate surface area is 68.7 Å². The maximum absolute atomic E-state index is 11.2. The van der Waals surface area contributed by atoms with Crippen LogP contribution in [0.2, 0.25) is 0 Å². The van der Waals surface area contributed by atoms with Crippen LogP contribution >= 0.6 is 0 Å². The Morgan fingerprint density at radius 2 is 2.09 bits per heavy atom. The molecule has 0 fully saturated rings. The van der Waals surface area contributed by atoms with Crippen LogP contribution < -0.4 is 5.32 Å². The number of ketones is 1. The first-order valence-corrected chi connectivity index (χ1v) is 3.92. The fourth-order valence-electron chi connectivity index (χ4n) is 0.714. The Kier molecular flexibility index (Phi) is 4.79. The highest BCUT2D eigenvalue weighted by atomic mass is 16.1. The topological polar surface area (TPSA) is 29.1 Å². The summed E-state index contributed by atoms with van der Waals surface area (Å²) in [7, 11) is 1.79. The van der Waals surface area contributed by atoms with E-state index in [0.717, 1.165) is 12.0 Å². The van der Waals surface area contributed by atoms with E-state index < -0.39 is 0 Å². The van der Waals surface area contributed by atoms with Crippen LogP contribution in [0.15, 0.2) is 12.2 Å². The van der Waals surface area contributed by atoms with Gasteiger partial charge in [-0.3, -0.25) is 4.79 Å². The third-order valence-electron chi connectivity index (χ3n) is 1.71. The van der Waals surface area contributed by atoms with Gasteiger partial charge in [0, 0.05) is 6.42 Å². The second-order valence-electron chi connectivity index (χ2n) is 2.93. The van der Waals surface area contributed by atoms with E-state index in [1.807, 2.05) is 13.8 Å². The van der Waals surface area contributed by atoms with Gasteiger partial charge in [-0.2, -0.15) is 0 Å². The zero-order valence-electron chi connectivity index (χ0n) is 7.61. The smallest absolute Gasteiger partial charge is 0.149 e. The number of hydrogen-bond donors (Lipinski definition) is 1. The van der Waals surface area contributed by atoms with Gasteiger partial charge in [-0.1, -0.05) is 5.57 Å². The SMILES string of the molecule is C=C(C)CCC(=O)C(C)NC. The van der Waals surface area contributed by atoms with Crippen LogP contribution in [0.25, 0.3) is 0 Å². The molecule has 0 aromatic heterocycles. The number of carbonyl (C=O) groups is 1. The molecule has 0 aliphatic carbocycles. The lowest BCUT2D eigenvalue weighted by Crippen LogP contribution is -2.30. The summed E-state index contributed by atoms with van der Waals surface area (Å²) in [6.07, 6.45) is 1.42. The lowest BCUT2D eigenvalue weighted by molar-refractivity contribution is -0.120. The van der Waals surface area contributed by atoms with Gasteiger partial charge in [0.2, 0.25) is 0 Å². The average Bonchev–Trinajstić information content (AvgIpc) is 1.98. The molecule has 64 valence electrons. The van der Waals surface area contributed by atoms with Gasteiger partial charge in [-0.25, -0.2) is 0 Å². The standard InChI is InChI=1S/C9H17NO/c1-7(2)5-6-9(11)8(3)10-4/h8,10H,1,5-6H2,2-4H3. The van der Waals surface area contributed by atoms with Crippen molar-refractivity contribution in [3.63, 3.8) is 0 Å². The number of likely N-dealkylation sites (N-methyl/N-ethyl adjacent to an activating group) is 1. The number of hydrogen-bond acceptors (Lipinski definition) is 2. The average molecular weight is 155 g/mol. The summed E-state index contributed by atoms with van der Waals surface area (Å²) >= 11 is 0. The molecule has 1 atom stereocenters. The van der Waals surface area contributed by atoms with Crippen molar-refractivity contribution in [1.82, 2.24) is 5.32 Å². The van der Waals surface area contributed by atoms with E-state index in [2.05, 4.69) is 11.9 Å². The Hall–Kier alpha value is -0.630. The molecular weight excluding hydrogens is 138 g/mol. The van der Waals surface area contributed by atoms with Crippen molar-refractivity contribution in [3.8, 4) is 0 Å². The number of allylic oxidation sites excluding steroid dienone is 1. The van der Waals surface area contributed by atoms with Gasteiger partial charge in [0.15, 0.2) is 0 Å². The summed E-state index contributed by atoms with van der Waals surface area (Å²) in [4.78, 5) is 11.2. The molecule has 0 radical (unpaired) electrons. The molecule has 0 amide bonds. The molecule has 0 heterocycles. The van der Waals surface area contributed by atoms with Gasteiger partial charge in [0.25, 0.3) is 0 Å². The van der Waals surface area contributed by atoms with Gasteiger partial charge in [-0.05, 0) is 27.3 Å². The second kappa shape index (κ2) is 5.08. The van der Waals surface area contributed by atoms with Crippen LogP contribution in [0.5, 0.6) is 0 Å². The molecule has 11 heavy (non-hydrogen) atoms. The summed E-state index contributed by atoms with van der Waals surface area (Å²) < 4.78 is 0. The first kappa shape index (κ1) is 10.4. The van der Waals surface area contributed by atoms with E-state index >= 15 is 0 Å². The fraction of sp³-hybridized carbons (Fsp3) is 0.667. The van der Waals surface area contributed by atoms with Crippen molar-refractivity contribution in [2.24, 2.45) is 0 Å². The Bertz CT molecular complexity index is 152. The van der Waals surface area contributed by atoms with Crippen LogP contribution in [-0.2, 0) is 4.79 Å². The largest absolute Gasteiger partial charge is 0.311 e. The van der Waals surface area contributed by atoms with Crippen molar-refractivity contribution in [1.29, 1.82) is 0 Å². The highest BCUT2D eigenvalue weighted by Gasteiger charge is 2.08. The minimum Gasteiger partial charge on any atom is -0.311 e. The predicted octanol–water partition coefficient (Wildman–Crippen LogP) is 1.52. The van der Waals surface area contributed by atoms with E-state index in [1.165, 1.54) is 0 Å². The van der Waals surface area contributed by atoms with E-state index in [4.69, 9.17) is 0 Å². The highest BCUT2D eigenvalue weighted by Crippen LogP contribution is 2.02. The summed E-state index contributed by atoms with van der Waals surface area (Å²) in [5, 5.41) is 2.91. The first-order valence-electron chi connectivity index (χ1n) is 3.92. The van der Waals surface area contributed by atoms with Gasteiger partial charge in [0.1, 0.15) is 5.78 Å². The fourth-order valence-corrected chi connectivity index (χ4v) is 0.714. The van der Waals surface area contributed by atoms with Crippen molar-refractivity contribution in [3.05, 3.63) is 12.2 Å². The molecular formula is C9H17NO. The number of nitrogens with one attached hydrogen (secondary N) is 1. The first-order chi connectivity index (χ1) is 5.07. The van der Waals surface area contributed by atoms with E-state index in [9.17, 15) is 4.79 Å². The van der Waals surface area contributed by atoms with Crippen molar-refractivity contribution in [2.45, 2.75) is 32.7 Å². The lowest BCUT2D eigenvalue weighted by Gasteiger charge is -2.07. The molecule has 0 aromatic rings. The lowest BCUT2D eigenvalue weighted by atomic mass is 10.1. The summed E-state index contributed by atoms with van der Waals surface area (Å²) in [5.41, 5.74) is 1.07. The van der Waals surface area contributed by atoms with Crippen LogP contribution in [0.4, 0.5) is 0 Å². The summed E-state index contributed by atoms with van der Waals surface area (Å²) in [6, 6.07) is -0.0191. The molecule has 0 rings (SSSR count). The normalized spacial score (nSPS) is 12.6. The monoisotopic (exact) mass is 155 g/mol. The van der Waals surface area contributed by atoms with E-state index in [-0.39, 0.29) is 11.8 Å². The minimum atomic E-state index is -0.0191. The van der Waals surface area contributed by atoms with Gasteiger partial charge < -0.3 is 5.32 Å². The van der Waals surface area contributed by atoms with Crippen LogP contribution in [0.3, 0.4) is 0 Å². The van der Waals surface area contributed by atoms with Gasteiger partial charge >= 0.3 is 0 Å². The predicted molar refractivity (Wildman–Crippen MR) is 47.6 cm³/mol. The molecule has 1 N–H and O–H groups in total. The number of rotatable bonds is 5. The quantitative estimate of drug-likeness (QED) is 0.610. The number of Topliss-reactive ketones (excluding diaryl/α,β-unsaturated/α-hetero) is 1. The van der Waals surface area contributed by atoms with E-state index in [0.29, 0.717) is 6.42 Å². The molecule has 0 spiro atoms. The van der Waals surface area contributed by atoms with Gasteiger partial charge in [0.05, 0.1) is 6.04 Å². The third kappa shape index (κ3) is 4.73. The molecule has 0 aromatic carbocycles. The molecule has 2 nitrogen and oxygen atoms in total. The van der Waals surface area contributed by atoms with Crippen molar-refractivity contribution < 1.29 is 4.79 Å². The maximum atomic E-state index is 11.2. The van der Waals surface area contributed by atoms with Crippen LogP contribution in [-0.4, -0.2) is 18.9 Å². The Balaban J connectivity index is 3.60.